The molecule has 0 aromatic rings. The second-order valence-electron chi connectivity index (χ2n) is 5.43. The Bertz CT molecular complexity index is 195. The van der Waals surface area contributed by atoms with Crippen molar-refractivity contribution in [2.45, 2.75) is 45.4 Å². The fourth-order valence-electron chi connectivity index (χ4n) is 3.29. The Balaban J connectivity index is 1.98. The predicted octanol–water partition coefficient (Wildman–Crippen LogP) is 3.32. The average molecular weight is 194 g/mol. The molecule has 1 nitrogen and oxygen atoms in total. The molecule has 3 aliphatic rings. The van der Waals surface area contributed by atoms with Crippen LogP contribution in [-0.2, 0) is 0 Å². The topological polar surface area (TPSA) is 0 Å². The number of quaternary nitrogens is 1. The molecule has 3 heterocycles. The lowest BCUT2D eigenvalue weighted by Crippen LogP contribution is -2.58. The number of hydrogen-bond acceptors (Lipinski definition) is 0. The molecular weight excluding hydrogens is 170 g/mol. The highest BCUT2D eigenvalue weighted by Gasteiger charge is 2.47. The van der Waals surface area contributed by atoms with Crippen molar-refractivity contribution in [1.82, 2.24) is 0 Å². The second-order valence-corrected chi connectivity index (χ2v) is 5.43. The van der Waals surface area contributed by atoms with Crippen molar-refractivity contribution >= 4 is 0 Å². The molecule has 0 unspecified atom stereocenters. The van der Waals surface area contributed by atoms with E-state index >= 15 is 0 Å². The van der Waals surface area contributed by atoms with Crippen molar-refractivity contribution < 1.29 is 4.48 Å². The lowest BCUT2D eigenvalue weighted by atomic mass is 9.68. The molecule has 0 spiro atoms. The molecule has 1 heteroatoms. The van der Waals surface area contributed by atoms with Gasteiger partial charge in [0.05, 0.1) is 25.8 Å². The SMILES string of the molecule is C=C[N+]12CCC(CCCC)(CC1)CC2. The predicted molar refractivity (Wildman–Crippen MR) is 60.9 cm³/mol. The molecular formula is C13H24N+. The first-order valence-electron chi connectivity index (χ1n) is 6.24. The molecule has 0 aromatic heterocycles. The molecule has 0 aliphatic carbocycles. The third kappa shape index (κ3) is 1.63. The van der Waals surface area contributed by atoms with Crippen LogP contribution in [0.1, 0.15) is 45.4 Å². The van der Waals surface area contributed by atoms with E-state index in [0.29, 0.717) is 0 Å². The van der Waals surface area contributed by atoms with E-state index in [1.54, 1.807) is 0 Å². The highest BCUT2D eigenvalue weighted by atomic mass is 15.4. The number of unbranched alkanes of at least 4 members (excludes halogenated alkanes) is 1. The molecule has 0 saturated carbocycles. The Hall–Kier alpha value is -0.300. The highest BCUT2D eigenvalue weighted by molar-refractivity contribution is 4.88. The molecule has 14 heavy (non-hydrogen) atoms. The van der Waals surface area contributed by atoms with Gasteiger partial charge in [-0.2, -0.15) is 0 Å². The molecule has 3 rings (SSSR count). The normalized spacial score (nSPS) is 41.2. The largest absolute Gasteiger partial charge is 0.298 e. The van der Waals surface area contributed by atoms with Crippen LogP contribution in [0.15, 0.2) is 12.8 Å². The number of fused-ring (bicyclic) bond motifs is 3. The van der Waals surface area contributed by atoms with Crippen LogP contribution in [0.25, 0.3) is 0 Å². The summed E-state index contributed by atoms with van der Waals surface area (Å²) >= 11 is 0. The summed E-state index contributed by atoms with van der Waals surface area (Å²) in [6.45, 7) is 10.4. The first-order valence-corrected chi connectivity index (χ1v) is 6.24. The Morgan fingerprint density at radius 2 is 1.79 bits per heavy atom. The van der Waals surface area contributed by atoms with Gasteiger partial charge in [-0.25, -0.2) is 0 Å². The quantitative estimate of drug-likeness (QED) is 0.602. The maximum atomic E-state index is 4.01. The summed E-state index contributed by atoms with van der Waals surface area (Å²) in [7, 11) is 0. The average Bonchev–Trinajstić information content (AvgIpc) is 2.29. The van der Waals surface area contributed by atoms with E-state index < -0.39 is 0 Å². The van der Waals surface area contributed by atoms with E-state index in [-0.39, 0.29) is 0 Å². The Morgan fingerprint density at radius 3 is 2.21 bits per heavy atom. The van der Waals surface area contributed by atoms with Crippen LogP contribution >= 0.6 is 0 Å². The molecule has 0 N–H and O–H groups in total. The van der Waals surface area contributed by atoms with E-state index in [4.69, 9.17) is 0 Å². The molecule has 80 valence electrons. The molecule has 3 saturated heterocycles. The highest BCUT2D eigenvalue weighted by Crippen LogP contribution is 2.47. The summed E-state index contributed by atoms with van der Waals surface area (Å²) in [5, 5.41) is 0. The summed E-state index contributed by atoms with van der Waals surface area (Å²) in [5.41, 5.74) is 0.749. The van der Waals surface area contributed by atoms with Gasteiger partial charge < -0.3 is 0 Å². The van der Waals surface area contributed by atoms with Crippen LogP contribution in [0.2, 0.25) is 0 Å². The first kappa shape index (κ1) is 10.2. The minimum atomic E-state index is 0.749. The fraction of sp³-hybridized carbons (Fsp3) is 0.846. The van der Waals surface area contributed by atoms with Gasteiger partial charge in [0, 0.05) is 19.3 Å². The van der Waals surface area contributed by atoms with Crippen molar-refractivity contribution in [3.05, 3.63) is 12.8 Å². The van der Waals surface area contributed by atoms with Crippen LogP contribution in [0.5, 0.6) is 0 Å². The minimum Gasteiger partial charge on any atom is -0.298 e. The van der Waals surface area contributed by atoms with Gasteiger partial charge in [0.15, 0.2) is 0 Å². The molecule has 0 radical (unpaired) electrons. The van der Waals surface area contributed by atoms with Gasteiger partial charge in [-0.15, -0.1) is 0 Å². The maximum Gasteiger partial charge on any atom is 0.0885 e. The first-order chi connectivity index (χ1) is 6.74. The molecule has 0 amide bonds. The molecule has 3 aliphatic heterocycles. The third-order valence-electron chi connectivity index (χ3n) is 4.71. The van der Waals surface area contributed by atoms with Crippen LogP contribution in [0.4, 0.5) is 0 Å². The van der Waals surface area contributed by atoms with Gasteiger partial charge in [-0.3, -0.25) is 4.48 Å². The standard InChI is InChI=1S/C13H24N/c1-3-5-6-13-7-10-14(4-2,11-8-13)12-9-13/h4H,2-3,5-12H2,1H3/q+1. The zero-order valence-electron chi connectivity index (χ0n) is 9.60. The molecule has 2 bridgehead atoms. The van der Waals surface area contributed by atoms with E-state index in [1.165, 1.54) is 62.6 Å². The van der Waals surface area contributed by atoms with Crippen LogP contribution in [0.3, 0.4) is 0 Å². The van der Waals surface area contributed by atoms with E-state index in [0.717, 1.165) is 5.41 Å². The zero-order valence-corrected chi connectivity index (χ0v) is 9.60. The van der Waals surface area contributed by atoms with Crippen molar-refractivity contribution in [3.63, 3.8) is 0 Å². The fourth-order valence-corrected chi connectivity index (χ4v) is 3.29. The van der Waals surface area contributed by atoms with Crippen LogP contribution in [-0.4, -0.2) is 24.1 Å². The summed E-state index contributed by atoms with van der Waals surface area (Å²) in [6.07, 6.45) is 10.9. The van der Waals surface area contributed by atoms with Crippen molar-refractivity contribution in [1.29, 1.82) is 0 Å². The number of hydrogen-bond donors (Lipinski definition) is 0. The third-order valence-corrected chi connectivity index (χ3v) is 4.71. The minimum absolute atomic E-state index is 0.749. The number of rotatable bonds is 4. The van der Waals surface area contributed by atoms with Gasteiger partial charge in [0.2, 0.25) is 0 Å². The van der Waals surface area contributed by atoms with E-state index in [9.17, 15) is 0 Å². The Morgan fingerprint density at radius 1 is 1.21 bits per heavy atom. The van der Waals surface area contributed by atoms with Gasteiger partial charge in [-0.05, 0) is 18.4 Å². The van der Waals surface area contributed by atoms with Crippen molar-refractivity contribution in [3.8, 4) is 0 Å². The Labute approximate surface area is 88.4 Å². The monoisotopic (exact) mass is 194 g/mol. The smallest absolute Gasteiger partial charge is 0.0885 e. The molecule has 0 atom stereocenters. The zero-order chi connectivity index (χ0) is 10.1. The lowest BCUT2D eigenvalue weighted by molar-refractivity contribution is -0.898. The number of nitrogens with zero attached hydrogens (tertiary/aromatic N) is 1. The van der Waals surface area contributed by atoms with Gasteiger partial charge in [-0.1, -0.05) is 19.8 Å². The van der Waals surface area contributed by atoms with Gasteiger partial charge in [0.1, 0.15) is 0 Å². The summed E-state index contributed by atoms with van der Waals surface area (Å²) < 4.78 is 1.22. The number of piperidine rings is 3. The summed E-state index contributed by atoms with van der Waals surface area (Å²) in [5.74, 6) is 0. The Kier molecular flexibility index (Phi) is 2.70. The van der Waals surface area contributed by atoms with Crippen molar-refractivity contribution in [2.24, 2.45) is 5.41 Å². The van der Waals surface area contributed by atoms with Crippen LogP contribution < -0.4 is 0 Å². The maximum absolute atomic E-state index is 4.01. The summed E-state index contributed by atoms with van der Waals surface area (Å²) in [6, 6.07) is 0. The van der Waals surface area contributed by atoms with Gasteiger partial charge in [0.25, 0.3) is 0 Å². The molecule has 3 fully saturated rings. The second kappa shape index (κ2) is 3.69. The van der Waals surface area contributed by atoms with Crippen molar-refractivity contribution in [2.75, 3.05) is 19.6 Å². The van der Waals surface area contributed by atoms with E-state index in [2.05, 4.69) is 19.7 Å². The van der Waals surface area contributed by atoms with Gasteiger partial charge >= 0.3 is 0 Å². The van der Waals surface area contributed by atoms with E-state index in [1.807, 2.05) is 0 Å². The van der Waals surface area contributed by atoms with Crippen LogP contribution in [0, 0.1) is 5.41 Å². The summed E-state index contributed by atoms with van der Waals surface area (Å²) in [4.78, 5) is 0. The lowest BCUT2D eigenvalue weighted by Gasteiger charge is -2.53. The molecule has 0 aromatic carbocycles.